The highest BCUT2D eigenvalue weighted by atomic mass is 16.5. The van der Waals surface area contributed by atoms with Crippen LogP contribution in [0.4, 0.5) is 0 Å². The molecule has 3 atom stereocenters. The molecule has 0 unspecified atom stereocenters. The van der Waals surface area contributed by atoms with Crippen LogP contribution in [-0.4, -0.2) is 53.6 Å². The van der Waals surface area contributed by atoms with Crippen molar-refractivity contribution in [2.75, 3.05) is 20.3 Å². The molecule has 3 aliphatic heterocycles. The molecule has 6 heteroatoms. The lowest BCUT2D eigenvalue weighted by atomic mass is 10.0. The van der Waals surface area contributed by atoms with Crippen LogP contribution in [0.25, 0.3) is 0 Å². The lowest BCUT2D eigenvalue weighted by Crippen LogP contribution is -2.49. The summed E-state index contributed by atoms with van der Waals surface area (Å²) in [6, 6.07) is 15.2. The molecule has 2 aromatic carbocycles. The first-order chi connectivity index (χ1) is 14.0. The number of likely N-dealkylation sites (tertiary alicyclic amines) is 1. The van der Waals surface area contributed by atoms with Crippen LogP contribution in [-0.2, 0) is 9.53 Å². The Kier molecular flexibility index (Phi) is 4.13. The fourth-order valence-corrected chi connectivity index (χ4v) is 5.14. The summed E-state index contributed by atoms with van der Waals surface area (Å²) in [6.07, 6.45) is 0.926. The SMILES string of the molecule is COc1cc(C)ccc1C(=O)N1CC[C@@]23OC[C@@H](c4ccccc4)N2C(=O)C[C@@H]13. The highest BCUT2D eigenvalue weighted by molar-refractivity contribution is 5.98. The van der Waals surface area contributed by atoms with Gasteiger partial charge in [0.2, 0.25) is 5.91 Å². The first kappa shape index (κ1) is 18.2. The normalized spacial score (nSPS) is 27.9. The van der Waals surface area contributed by atoms with Gasteiger partial charge in [-0.15, -0.1) is 0 Å². The van der Waals surface area contributed by atoms with Crippen molar-refractivity contribution in [3.8, 4) is 5.75 Å². The third-order valence-corrected chi connectivity index (χ3v) is 6.49. The summed E-state index contributed by atoms with van der Waals surface area (Å²) in [5.41, 5.74) is 1.91. The monoisotopic (exact) mass is 392 g/mol. The fraction of sp³-hybridized carbons (Fsp3) is 0.391. The number of ether oxygens (including phenoxy) is 2. The van der Waals surface area contributed by atoms with Gasteiger partial charge in [-0.05, 0) is 30.2 Å². The zero-order valence-corrected chi connectivity index (χ0v) is 16.6. The Morgan fingerprint density at radius 3 is 2.76 bits per heavy atom. The topological polar surface area (TPSA) is 59.1 Å². The average Bonchev–Trinajstić information content (AvgIpc) is 3.37. The summed E-state index contributed by atoms with van der Waals surface area (Å²) in [5, 5.41) is 0. The average molecular weight is 392 g/mol. The van der Waals surface area contributed by atoms with Crippen LogP contribution in [0.15, 0.2) is 48.5 Å². The number of carbonyl (C=O) groups is 2. The summed E-state index contributed by atoms with van der Waals surface area (Å²) in [5.74, 6) is 0.506. The Hall–Kier alpha value is -2.86. The van der Waals surface area contributed by atoms with Crippen molar-refractivity contribution in [2.24, 2.45) is 0 Å². The summed E-state index contributed by atoms with van der Waals surface area (Å²) < 4.78 is 11.7. The summed E-state index contributed by atoms with van der Waals surface area (Å²) in [6.45, 7) is 2.99. The summed E-state index contributed by atoms with van der Waals surface area (Å²) >= 11 is 0. The Labute approximate surface area is 170 Å². The van der Waals surface area contributed by atoms with Gasteiger partial charge in [0, 0.05) is 13.0 Å². The van der Waals surface area contributed by atoms with Crippen molar-refractivity contribution in [1.29, 1.82) is 0 Å². The van der Waals surface area contributed by atoms with E-state index in [2.05, 4.69) is 0 Å². The van der Waals surface area contributed by atoms with Gasteiger partial charge in [0.1, 0.15) is 5.75 Å². The predicted molar refractivity (Wildman–Crippen MR) is 107 cm³/mol. The van der Waals surface area contributed by atoms with Crippen molar-refractivity contribution in [1.82, 2.24) is 9.80 Å². The standard InChI is InChI=1S/C23H24N2O4/c1-15-8-9-17(19(12-15)28-2)22(27)24-11-10-23-20(24)13-21(26)25(23)18(14-29-23)16-6-4-3-5-7-16/h3-9,12,18,20H,10-11,13-14H2,1-2H3/t18-,20+,23-/m0/s1. The number of carbonyl (C=O) groups excluding carboxylic acids is 2. The number of nitrogens with zero attached hydrogens (tertiary/aromatic N) is 2. The number of amides is 2. The van der Waals surface area contributed by atoms with E-state index in [-0.39, 0.29) is 23.9 Å². The maximum atomic E-state index is 13.4. The van der Waals surface area contributed by atoms with E-state index >= 15 is 0 Å². The molecule has 6 nitrogen and oxygen atoms in total. The molecular formula is C23H24N2O4. The number of hydrogen-bond donors (Lipinski definition) is 0. The molecule has 0 N–H and O–H groups in total. The summed E-state index contributed by atoms with van der Waals surface area (Å²) in [4.78, 5) is 30.1. The molecule has 0 bridgehead atoms. The maximum absolute atomic E-state index is 13.4. The van der Waals surface area contributed by atoms with Crippen LogP contribution in [0.1, 0.15) is 40.4 Å². The Balaban J connectivity index is 1.47. The van der Waals surface area contributed by atoms with Gasteiger partial charge in [-0.1, -0.05) is 36.4 Å². The van der Waals surface area contributed by atoms with Gasteiger partial charge in [0.05, 0.1) is 37.8 Å². The molecule has 3 saturated heterocycles. The second-order valence-electron chi connectivity index (χ2n) is 8.02. The third-order valence-electron chi connectivity index (χ3n) is 6.49. The van der Waals surface area contributed by atoms with E-state index in [1.165, 1.54) is 0 Å². The van der Waals surface area contributed by atoms with Crippen LogP contribution in [0.5, 0.6) is 5.75 Å². The lowest BCUT2D eigenvalue weighted by molar-refractivity contribution is -0.138. The smallest absolute Gasteiger partial charge is 0.258 e. The Morgan fingerprint density at radius 1 is 1.21 bits per heavy atom. The van der Waals surface area contributed by atoms with Gasteiger partial charge in [0.25, 0.3) is 5.91 Å². The van der Waals surface area contributed by atoms with E-state index in [0.717, 1.165) is 11.1 Å². The van der Waals surface area contributed by atoms with E-state index in [1.807, 2.05) is 54.3 Å². The number of aryl methyl sites for hydroxylation is 1. The maximum Gasteiger partial charge on any atom is 0.258 e. The third kappa shape index (κ3) is 2.59. The highest BCUT2D eigenvalue weighted by Gasteiger charge is 2.65. The number of rotatable bonds is 3. The minimum atomic E-state index is -0.717. The second-order valence-corrected chi connectivity index (χ2v) is 8.02. The predicted octanol–water partition coefficient (Wildman–Crippen LogP) is 2.92. The van der Waals surface area contributed by atoms with Crippen molar-refractivity contribution in [3.63, 3.8) is 0 Å². The number of hydrogen-bond acceptors (Lipinski definition) is 4. The van der Waals surface area contributed by atoms with Crippen LogP contribution < -0.4 is 4.74 Å². The zero-order chi connectivity index (χ0) is 20.2. The van der Waals surface area contributed by atoms with Gasteiger partial charge < -0.3 is 19.3 Å². The lowest BCUT2D eigenvalue weighted by Gasteiger charge is -2.33. The van der Waals surface area contributed by atoms with E-state index in [1.54, 1.807) is 18.1 Å². The molecule has 2 aromatic rings. The molecule has 0 aliphatic carbocycles. The van der Waals surface area contributed by atoms with Crippen LogP contribution in [0.3, 0.4) is 0 Å². The molecule has 2 amide bonds. The van der Waals surface area contributed by atoms with Gasteiger partial charge in [-0.3, -0.25) is 9.59 Å². The first-order valence-corrected chi connectivity index (χ1v) is 10.0. The molecule has 150 valence electrons. The zero-order valence-electron chi connectivity index (χ0n) is 16.6. The van der Waals surface area contributed by atoms with Crippen LogP contribution in [0.2, 0.25) is 0 Å². The molecule has 29 heavy (non-hydrogen) atoms. The molecule has 0 radical (unpaired) electrons. The van der Waals surface area contributed by atoms with E-state index in [4.69, 9.17) is 9.47 Å². The van der Waals surface area contributed by atoms with E-state index < -0.39 is 5.72 Å². The molecular weight excluding hydrogens is 368 g/mol. The number of benzene rings is 2. The summed E-state index contributed by atoms with van der Waals surface area (Å²) in [7, 11) is 1.57. The van der Waals surface area contributed by atoms with Gasteiger partial charge in [-0.2, -0.15) is 0 Å². The Bertz CT molecular complexity index is 976. The van der Waals surface area contributed by atoms with Crippen molar-refractivity contribution in [3.05, 3.63) is 65.2 Å². The molecule has 5 rings (SSSR count). The van der Waals surface area contributed by atoms with Crippen LogP contribution in [0, 0.1) is 6.92 Å². The minimum absolute atomic E-state index is 0.0507. The highest BCUT2D eigenvalue weighted by Crippen LogP contribution is 2.51. The molecule has 0 aromatic heterocycles. The van der Waals surface area contributed by atoms with Crippen LogP contribution >= 0.6 is 0 Å². The van der Waals surface area contributed by atoms with Crippen molar-refractivity contribution >= 4 is 11.8 Å². The largest absolute Gasteiger partial charge is 0.496 e. The first-order valence-electron chi connectivity index (χ1n) is 10.0. The quantitative estimate of drug-likeness (QED) is 0.806. The van der Waals surface area contributed by atoms with E-state index in [0.29, 0.717) is 37.3 Å². The molecule has 3 heterocycles. The fourth-order valence-electron chi connectivity index (χ4n) is 5.14. The van der Waals surface area contributed by atoms with Crippen molar-refractivity contribution in [2.45, 2.75) is 37.6 Å². The minimum Gasteiger partial charge on any atom is -0.496 e. The number of methoxy groups -OCH3 is 1. The molecule has 1 spiro atoms. The Morgan fingerprint density at radius 2 is 2.00 bits per heavy atom. The van der Waals surface area contributed by atoms with Crippen molar-refractivity contribution < 1.29 is 19.1 Å². The second kappa shape index (κ2) is 6.59. The molecule has 0 saturated carbocycles. The molecule has 3 aliphatic rings. The van der Waals surface area contributed by atoms with Gasteiger partial charge >= 0.3 is 0 Å². The van der Waals surface area contributed by atoms with Gasteiger partial charge in [0.15, 0.2) is 5.72 Å². The molecule has 3 fully saturated rings. The van der Waals surface area contributed by atoms with Gasteiger partial charge in [-0.25, -0.2) is 0 Å². The van der Waals surface area contributed by atoms with E-state index in [9.17, 15) is 9.59 Å².